The van der Waals surface area contributed by atoms with E-state index >= 15 is 0 Å². The fourth-order valence-corrected chi connectivity index (χ4v) is 1.99. The average molecular weight is 228 g/mol. The van der Waals surface area contributed by atoms with Crippen molar-refractivity contribution in [1.29, 1.82) is 0 Å². The number of piperazine rings is 1. The van der Waals surface area contributed by atoms with Crippen LogP contribution in [0.4, 0.5) is 0 Å². The number of hydrogen-bond donors (Lipinski definition) is 0. The molecule has 1 saturated heterocycles. The van der Waals surface area contributed by atoms with Crippen LogP contribution in [-0.2, 0) is 9.53 Å². The van der Waals surface area contributed by atoms with Crippen LogP contribution < -0.4 is 0 Å². The van der Waals surface area contributed by atoms with E-state index in [2.05, 4.69) is 35.3 Å². The van der Waals surface area contributed by atoms with E-state index in [4.69, 9.17) is 0 Å². The normalized spacial score (nSPS) is 19.8. The summed E-state index contributed by atoms with van der Waals surface area (Å²) < 4.78 is 4.64. The van der Waals surface area contributed by atoms with E-state index in [1.165, 1.54) is 7.11 Å². The van der Waals surface area contributed by atoms with E-state index in [0.29, 0.717) is 6.42 Å². The molecule has 1 heterocycles. The molecule has 0 N–H and O–H groups in total. The molecule has 0 unspecified atom stereocenters. The van der Waals surface area contributed by atoms with Crippen LogP contribution in [0, 0.1) is 0 Å². The SMILES string of the molecule is COC(=O)CCN1CCN(C(C)(C)C)CC1. The number of carbonyl (C=O) groups is 1. The molecule has 16 heavy (non-hydrogen) atoms. The summed E-state index contributed by atoms with van der Waals surface area (Å²) in [5.74, 6) is -0.113. The zero-order valence-corrected chi connectivity index (χ0v) is 11.0. The smallest absolute Gasteiger partial charge is 0.306 e. The zero-order valence-electron chi connectivity index (χ0n) is 11.0. The van der Waals surface area contributed by atoms with Gasteiger partial charge in [-0.25, -0.2) is 0 Å². The van der Waals surface area contributed by atoms with Gasteiger partial charge in [-0.1, -0.05) is 0 Å². The first-order valence-corrected chi connectivity index (χ1v) is 5.97. The number of esters is 1. The molecule has 0 amide bonds. The molecule has 4 heteroatoms. The first-order valence-electron chi connectivity index (χ1n) is 5.97. The number of hydrogen-bond acceptors (Lipinski definition) is 4. The van der Waals surface area contributed by atoms with Crippen molar-refractivity contribution in [1.82, 2.24) is 9.80 Å². The van der Waals surface area contributed by atoms with Gasteiger partial charge in [0, 0.05) is 38.3 Å². The summed E-state index contributed by atoms with van der Waals surface area (Å²) in [5, 5.41) is 0. The third-order valence-electron chi connectivity index (χ3n) is 3.18. The van der Waals surface area contributed by atoms with Gasteiger partial charge in [0.1, 0.15) is 0 Å². The Labute approximate surface area is 98.5 Å². The van der Waals surface area contributed by atoms with Gasteiger partial charge < -0.3 is 9.64 Å². The largest absolute Gasteiger partial charge is 0.469 e. The summed E-state index contributed by atoms with van der Waals surface area (Å²) in [5.41, 5.74) is 0.258. The van der Waals surface area contributed by atoms with Gasteiger partial charge in [-0.05, 0) is 20.8 Å². The van der Waals surface area contributed by atoms with Crippen LogP contribution in [-0.4, -0.2) is 61.1 Å². The molecule has 4 nitrogen and oxygen atoms in total. The van der Waals surface area contributed by atoms with Gasteiger partial charge in [-0.3, -0.25) is 9.69 Å². The van der Waals surface area contributed by atoms with Crippen molar-refractivity contribution in [2.24, 2.45) is 0 Å². The van der Waals surface area contributed by atoms with Crippen molar-refractivity contribution in [3.05, 3.63) is 0 Å². The second kappa shape index (κ2) is 5.64. The minimum atomic E-state index is -0.113. The second-order valence-corrected chi connectivity index (χ2v) is 5.33. The van der Waals surface area contributed by atoms with Crippen molar-refractivity contribution in [3.63, 3.8) is 0 Å². The molecule has 1 aliphatic heterocycles. The quantitative estimate of drug-likeness (QED) is 0.674. The standard InChI is InChI=1S/C12H24N2O2/c1-12(2,3)14-9-7-13(8-10-14)6-5-11(15)16-4/h5-10H2,1-4H3. The second-order valence-electron chi connectivity index (χ2n) is 5.33. The van der Waals surface area contributed by atoms with Crippen molar-refractivity contribution in [2.75, 3.05) is 39.8 Å². The van der Waals surface area contributed by atoms with Crippen LogP contribution in [0.5, 0.6) is 0 Å². The van der Waals surface area contributed by atoms with Gasteiger partial charge in [0.25, 0.3) is 0 Å². The molecular weight excluding hydrogens is 204 g/mol. The lowest BCUT2D eigenvalue weighted by atomic mass is 10.0. The first kappa shape index (κ1) is 13.5. The Morgan fingerprint density at radius 3 is 2.19 bits per heavy atom. The molecule has 0 radical (unpaired) electrons. The van der Waals surface area contributed by atoms with Gasteiger partial charge in [0.2, 0.25) is 0 Å². The summed E-state index contributed by atoms with van der Waals surface area (Å²) in [4.78, 5) is 15.8. The fraction of sp³-hybridized carbons (Fsp3) is 0.917. The van der Waals surface area contributed by atoms with Crippen molar-refractivity contribution in [2.45, 2.75) is 32.7 Å². The van der Waals surface area contributed by atoms with Gasteiger partial charge in [-0.2, -0.15) is 0 Å². The minimum Gasteiger partial charge on any atom is -0.469 e. The molecule has 0 spiro atoms. The topological polar surface area (TPSA) is 32.8 Å². The van der Waals surface area contributed by atoms with E-state index < -0.39 is 0 Å². The lowest BCUT2D eigenvalue weighted by molar-refractivity contribution is -0.141. The molecular formula is C12H24N2O2. The van der Waals surface area contributed by atoms with Crippen LogP contribution >= 0.6 is 0 Å². The predicted molar refractivity (Wildman–Crippen MR) is 64.4 cm³/mol. The van der Waals surface area contributed by atoms with Crippen molar-refractivity contribution >= 4 is 5.97 Å². The summed E-state index contributed by atoms with van der Waals surface area (Å²) >= 11 is 0. The molecule has 0 bridgehead atoms. The maximum atomic E-state index is 11.0. The molecule has 94 valence electrons. The number of rotatable bonds is 3. The highest BCUT2D eigenvalue weighted by Crippen LogP contribution is 2.15. The third-order valence-corrected chi connectivity index (χ3v) is 3.18. The van der Waals surface area contributed by atoms with E-state index in [9.17, 15) is 4.79 Å². The van der Waals surface area contributed by atoms with Crippen molar-refractivity contribution in [3.8, 4) is 0 Å². The van der Waals surface area contributed by atoms with Gasteiger partial charge >= 0.3 is 5.97 Å². The summed E-state index contributed by atoms with van der Waals surface area (Å²) in [6, 6.07) is 0. The third kappa shape index (κ3) is 4.10. The Morgan fingerprint density at radius 1 is 1.19 bits per heavy atom. The van der Waals surface area contributed by atoms with Crippen molar-refractivity contribution < 1.29 is 9.53 Å². The summed E-state index contributed by atoms with van der Waals surface area (Å²) in [6.07, 6.45) is 0.506. The monoisotopic (exact) mass is 228 g/mol. The maximum Gasteiger partial charge on any atom is 0.306 e. The molecule has 0 saturated carbocycles. The number of methoxy groups -OCH3 is 1. The van der Waals surface area contributed by atoms with Gasteiger partial charge in [0.05, 0.1) is 13.5 Å². The van der Waals surface area contributed by atoms with E-state index in [0.717, 1.165) is 32.7 Å². The molecule has 1 aliphatic rings. The van der Waals surface area contributed by atoms with E-state index in [1.54, 1.807) is 0 Å². The number of nitrogens with zero attached hydrogens (tertiary/aromatic N) is 2. The molecule has 0 aromatic rings. The first-order chi connectivity index (χ1) is 7.43. The molecule has 1 fully saturated rings. The van der Waals surface area contributed by atoms with Gasteiger partial charge in [0.15, 0.2) is 0 Å². The Hall–Kier alpha value is -0.610. The fourth-order valence-electron chi connectivity index (χ4n) is 1.99. The van der Waals surface area contributed by atoms with Crippen LogP contribution in [0.1, 0.15) is 27.2 Å². The van der Waals surface area contributed by atoms with Crippen LogP contribution in [0.15, 0.2) is 0 Å². The summed E-state index contributed by atoms with van der Waals surface area (Å²) in [7, 11) is 1.44. The van der Waals surface area contributed by atoms with Crippen LogP contribution in [0.2, 0.25) is 0 Å². The highest BCUT2D eigenvalue weighted by atomic mass is 16.5. The minimum absolute atomic E-state index is 0.113. The Morgan fingerprint density at radius 2 is 1.75 bits per heavy atom. The Balaban J connectivity index is 2.25. The number of ether oxygens (including phenoxy) is 1. The van der Waals surface area contributed by atoms with E-state index in [1.807, 2.05) is 0 Å². The van der Waals surface area contributed by atoms with Crippen LogP contribution in [0.3, 0.4) is 0 Å². The number of carbonyl (C=O) groups excluding carboxylic acids is 1. The molecule has 0 aromatic heterocycles. The van der Waals surface area contributed by atoms with Gasteiger partial charge in [-0.15, -0.1) is 0 Å². The Kier molecular flexibility index (Phi) is 4.74. The Bertz CT molecular complexity index is 228. The molecule has 0 aliphatic carbocycles. The lowest BCUT2D eigenvalue weighted by Gasteiger charge is -2.42. The molecule has 1 rings (SSSR count). The highest BCUT2D eigenvalue weighted by Gasteiger charge is 2.25. The maximum absolute atomic E-state index is 11.0. The zero-order chi connectivity index (χ0) is 12.2. The average Bonchev–Trinajstić information content (AvgIpc) is 2.25. The molecule has 0 atom stereocenters. The van der Waals surface area contributed by atoms with Crippen LogP contribution in [0.25, 0.3) is 0 Å². The lowest BCUT2D eigenvalue weighted by Crippen LogP contribution is -2.53. The summed E-state index contributed by atoms with van der Waals surface area (Å²) in [6.45, 7) is 11.8. The highest BCUT2D eigenvalue weighted by molar-refractivity contribution is 5.69. The predicted octanol–water partition coefficient (Wildman–Crippen LogP) is 0.966. The molecule has 0 aromatic carbocycles. The van der Waals surface area contributed by atoms with E-state index in [-0.39, 0.29) is 11.5 Å².